The van der Waals surface area contributed by atoms with Crippen LogP contribution >= 0.6 is 11.5 Å². The molecule has 1 aliphatic rings. The van der Waals surface area contributed by atoms with E-state index in [1.807, 2.05) is 18.2 Å². The molecule has 2 heterocycles. The summed E-state index contributed by atoms with van der Waals surface area (Å²) in [4.78, 5) is 19.3. The van der Waals surface area contributed by atoms with E-state index in [0.717, 1.165) is 61.2 Å². The maximum absolute atomic E-state index is 12.3. The predicted octanol–water partition coefficient (Wildman–Crippen LogP) is 3.52. The van der Waals surface area contributed by atoms with Crippen molar-refractivity contribution in [3.05, 3.63) is 35.7 Å². The number of anilines is 1. The normalized spacial score (nSPS) is 15.1. The largest absolute Gasteiger partial charge is 0.497 e. The highest BCUT2D eigenvalue weighted by molar-refractivity contribution is 7.09. The highest BCUT2D eigenvalue weighted by Crippen LogP contribution is 2.26. The fourth-order valence-electron chi connectivity index (χ4n) is 3.37. The molecule has 3 rings (SSSR count). The van der Waals surface area contributed by atoms with Gasteiger partial charge in [-0.15, -0.1) is 0 Å². The SMILES string of the molecule is COc1cccc(Cc2nsc(N3CCC(C(=O)NCCC(C)C)CC3)n2)c1. The molecule has 1 N–H and O–H groups in total. The number of benzene rings is 1. The lowest BCUT2D eigenvalue weighted by atomic mass is 9.96. The fourth-order valence-corrected chi connectivity index (χ4v) is 4.11. The van der Waals surface area contributed by atoms with E-state index < -0.39 is 0 Å². The Morgan fingerprint density at radius 3 is 2.86 bits per heavy atom. The van der Waals surface area contributed by atoms with Gasteiger partial charge in [0, 0.05) is 43.5 Å². The van der Waals surface area contributed by atoms with Gasteiger partial charge in [0.2, 0.25) is 11.0 Å². The van der Waals surface area contributed by atoms with E-state index in [0.29, 0.717) is 12.3 Å². The third kappa shape index (κ3) is 5.67. The summed E-state index contributed by atoms with van der Waals surface area (Å²) in [5.74, 6) is 2.62. The smallest absolute Gasteiger partial charge is 0.223 e. The molecule has 1 saturated heterocycles. The molecule has 0 aliphatic carbocycles. The summed E-state index contributed by atoms with van der Waals surface area (Å²) >= 11 is 1.44. The van der Waals surface area contributed by atoms with Crippen LogP contribution in [0.15, 0.2) is 24.3 Å². The average molecular weight is 403 g/mol. The van der Waals surface area contributed by atoms with Gasteiger partial charge >= 0.3 is 0 Å². The Kier molecular flexibility index (Phi) is 7.25. The number of carbonyl (C=O) groups is 1. The minimum absolute atomic E-state index is 0.118. The second-order valence-corrected chi connectivity index (χ2v) is 8.49. The maximum Gasteiger partial charge on any atom is 0.223 e. The molecule has 0 bridgehead atoms. The van der Waals surface area contributed by atoms with Gasteiger partial charge in [-0.25, -0.2) is 4.98 Å². The van der Waals surface area contributed by atoms with Gasteiger partial charge in [0.15, 0.2) is 0 Å². The van der Waals surface area contributed by atoms with Crippen LogP contribution in [-0.2, 0) is 11.2 Å². The molecule has 7 heteroatoms. The second kappa shape index (κ2) is 9.87. The highest BCUT2D eigenvalue weighted by Gasteiger charge is 2.26. The van der Waals surface area contributed by atoms with Gasteiger partial charge in [0.25, 0.3) is 0 Å². The molecule has 1 fully saturated rings. The Morgan fingerprint density at radius 2 is 2.14 bits per heavy atom. The van der Waals surface area contributed by atoms with Crippen LogP contribution in [0.4, 0.5) is 5.13 Å². The minimum atomic E-state index is 0.118. The zero-order chi connectivity index (χ0) is 19.9. The van der Waals surface area contributed by atoms with Crippen LogP contribution in [-0.4, -0.2) is 42.0 Å². The third-order valence-electron chi connectivity index (χ3n) is 5.11. The molecule has 1 aromatic heterocycles. The summed E-state index contributed by atoms with van der Waals surface area (Å²) in [5.41, 5.74) is 1.14. The van der Waals surface area contributed by atoms with Crippen molar-refractivity contribution >= 4 is 22.6 Å². The number of carbonyl (C=O) groups excluding carboxylic acids is 1. The fraction of sp³-hybridized carbons (Fsp3) is 0.571. The van der Waals surface area contributed by atoms with E-state index in [1.54, 1.807) is 7.11 Å². The Morgan fingerprint density at radius 1 is 1.36 bits per heavy atom. The molecule has 152 valence electrons. The molecular weight excluding hydrogens is 372 g/mol. The highest BCUT2D eigenvalue weighted by atomic mass is 32.1. The number of hydrogen-bond acceptors (Lipinski definition) is 6. The predicted molar refractivity (Wildman–Crippen MR) is 113 cm³/mol. The Balaban J connectivity index is 1.49. The zero-order valence-corrected chi connectivity index (χ0v) is 17.8. The van der Waals surface area contributed by atoms with Crippen LogP contribution in [0, 0.1) is 11.8 Å². The number of ether oxygens (including phenoxy) is 1. The number of methoxy groups -OCH3 is 1. The number of nitrogens with one attached hydrogen (secondary N) is 1. The second-order valence-electron chi connectivity index (χ2n) is 7.76. The van der Waals surface area contributed by atoms with Crippen molar-refractivity contribution in [2.75, 3.05) is 31.6 Å². The molecule has 1 aromatic carbocycles. The monoisotopic (exact) mass is 402 g/mol. The molecule has 0 atom stereocenters. The van der Waals surface area contributed by atoms with Crippen LogP contribution in [0.25, 0.3) is 0 Å². The van der Waals surface area contributed by atoms with E-state index >= 15 is 0 Å². The van der Waals surface area contributed by atoms with Crippen molar-refractivity contribution in [2.45, 2.75) is 39.5 Å². The molecule has 1 aliphatic heterocycles. The lowest BCUT2D eigenvalue weighted by Gasteiger charge is -2.30. The van der Waals surface area contributed by atoms with Crippen molar-refractivity contribution in [2.24, 2.45) is 11.8 Å². The maximum atomic E-state index is 12.3. The molecule has 2 aromatic rings. The van der Waals surface area contributed by atoms with Crippen molar-refractivity contribution < 1.29 is 9.53 Å². The Bertz CT molecular complexity index is 769. The van der Waals surface area contributed by atoms with Gasteiger partial charge in [0.1, 0.15) is 11.6 Å². The molecular formula is C21H30N4O2S. The van der Waals surface area contributed by atoms with E-state index in [1.165, 1.54) is 11.5 Å². The average Bonchev–Trinajstić information content (AvgIpc) is 3.16. The number of aromatic nitrogens is 2. The molecule has 0 unspecified atom stereocenters. The lowest BCUT2D eigenvalue weighted by molar-refractivity contribution is -0.125. The van der Waals surface area contributed by atoms with Gasteiger partial charge in [-0.1, -0.05) is 26.0 Å². The van der Waals surface area contributed by atoms with E-state index in [-0.39, 0.29) is 11.8 Å². The van der Waals surface area contributed by atoms with Gasteiger partial charge in [-0.2, -0.15) is 4.37 Å². The van der Waals surface area contributed by atoms with Gasteiger partial charge in [0.05, 0.1) is 7.11 Å². The van der Waals surface area contributed by atoms with Gasteiger partial charge in [-0.05, 0) is 42.9 Å². The molecule has 0 saturated carbocycles. The number of piperidine rings is 1. The molecule has 0 spiro atoms. The zero-order valence-electron chi connectivity index (χ0n) is 17.0. The van der Waals surface area contributed by atoms with Crippen LogP contribution in [0.1, 0.15) is 44.5 Å². The first kappa shape index (κ1) is 20.6. The number of hydrogen-bond donors (Lipinski definition) is 1. The molecule has 28 heavy (non-hydrogen) atoms. The van der Waals surface area contributed by atoms with E-state index in [2.05, 4.69) is 34.5 Å². The quantitative estimate of drug-likeness (QED) is 0.732. The number of amides is 1. The van der Waals surface area contributed by atoms with Gasteiger partial charge < -0.3 is 15.0 Å². The first-order chi connectivity index (χ1) is 13.5. The summed E-state index contributed by atoms with van der Waals surface area (Å²) in [7, 11) is 1.67. The summed E-state index contributed by atoms with van der Waals surface area (Å²) in [5, 5.41) is 4.04. The van der Waals surface area contributed by atoms with Gasteiger partial charge in [-0.3, -0.25) is 4.79 Å². The van der Waals surface area contributed by atoms with Crippen molar-refractivity contribution in [1.82, 2.24) is 14.7 Å². The Labute approximate surface area is 171 Å². The first-order valence-electron chi connectivity index (χ1n) is 10.0. The number of rotatable bonds is 8. The van der Waals surface area contributed by atoms with Crippen molar-refractivity contribution in [1.29, 1.82) is 0 Å². The summed E-state index contributed by atoms with van der Waals surface area (Å²) in [6.07, 6.45) is 3.48. The molecule has 1 amide bonds. The van der Waals surface area contributed by atoms with Crippen LogP contribution in [0.3, 0.4) is 0 Å². The minimum Gasteiger partial charge on any atom is -0.497 e. The Hall–Kier alpha value is -2.15. The van der Waals surface area contributed by atoms with Crippen LogP contribution in [0.5, 0.6) is 5.75 Å². The van der Waals surface area contributed by atoms with E-state index in [9.17, 15) is 4.79 Å². The van der Waals surface area contributed by atoms with Crippen LogP contribution in [0.2, 0.25) is 0 Å². The first-order valence-corrected chi connectivity index (χ1v) is 10.8. The summed E-state index contributed by atoms with van der Waals surface area (Å²) in [6.45, 7) is 6.84. The number of nitrogens with zero attached hydrogens (tertiary/aromatic N) is 3. The molecule has 0 radical (unpaired) electrons. The lowest BCUT2D eigenvalue weighted by Crippen LogP contribution is -2.41. The summed E-state index contributed by atoms with van der Waals surface area (Å²) in [6, 6.07) is 8.00. The summed E-state index contributed by atoms with van der Waals surface area (Å²) < 4.78 is 9.80. The topological polar surface area (TPSA) is 67.3 Å². The standard InChI is InChI=1S/C21H30N4O2S/c1-15(2)7-10-22-20(26)17-8-11-25(12-9-17)21-23-19(24-28-21)14-16-5-4-6-18(13-16)27-3/h4-6,13,15,17H,7-12,14H2,1-3H3,(H,22,26). The van der Waals surface area contributed by atoms with Crippen molar-refractivity contribution in [3.8, 4) is 5.75 Å². The molecule has 6 nitrogen and oxygen atoms in total. The van der Waals surface area contributed by atoms with Crippen LogP contribution < -0.4 is 15.0 Å². The third-order valence-corrected chi connectivity index (χ3v) is 5.93. The van der Waals surface area contributed by atoms with E-state index in [4.69, 9.17) is 9.72 Å². The van der Waals surface area contributed by atoms with Crippen molar-refractivity contribution in [3.63, 3.8) is 0 Å².